The number of ether oxygens (including phenoxy) is 1. The van der Waals surface area contributed by atoms with E-state index in [1.54, 1.807) is 0 Å². The van der Waals surface area contributed by atoms with Gasteiger partial charge in [0.1, 0.15) is 0 Å². The van der Waals surface area contributed by atoms with Crippen molar-refractivity contribution in [2.45, 2.75) is 111 Å². The van der Waals surface area contributed by atoms with Crippen LogP contribution in [0, 0.1) is 5.41 Å². The monoisotopic (exact) mass is 312 g/mol. The van der Waals surface area contributed by atoms with Crippen LogP contribution in [0.1, 0.15) is 111 Å². The van der Waals surface area contributed by atoms with E-state index in [1.807, 2.05) is 0 Å². The van der Waals surface area contributed by atoms with Crippen molar-refractivity contribution in [2.24, 2.45) is 5.41 Å². The van der Waals surface area contributed by atoms with Crippen LogP contribution in [0.3, 0.4) is 0 Å². The van der Waals surface area contributed by atoms with Crippen LogP contribution in [0.15, 0.2) is 0 Å². The van der Waals surface area contributed by atoms with Crippen molar-refractivity contribution in [3.05, 3.63) is 0 Å². The molecule has 0 spiro atoms. The van der Waals surface area contributed by atoms with Crippen molar-refractivity contribution >= 4 is 5.97 Å². The lowest BCUT2D eigenvalue weighted by atomic mass is 9.71. The maximum Gasteiger partial charge on any atom is 0.305 e. The molecule has 0 aliphatic heterocycles. The van der Waals surface area contributed by atoms with E-state index in [0.29, 0.717) is 18.4 Å². The van der Waals surface area contributed by atoms with Gasteiger partial charge in [-0.1, -0.05) is 72.6 Å². The van der Waals surface area contributed by atoms with E-state index in [0.717, 1.165) is 19.3 Å². The fourth-order valence-electron chi connectivity index (χ4n) is 3.18. The Balaban J connectivity index is 4.53. The molecule has 0 amide bonds. The average Bonchev–Trinajstić information content (AvgIpc) is 2.54. The maximum atomic E-state index is 12.0. The van der Waals surface area contributed by atoms with Crippen LogP contribution in [-0.4, -0.2) is 12.6 Å². The Kier molecular flexibility index (Phi) is 13.7. The highest BCUT2D eigenvalue weighted by Crippen LogP contribution is 2.41. The van der Waals surface area contributed by atoms with E-state index in [2.05, 4.69) is 27.7 Å². The van der Waals surface area contributed by atoms with Crippen LogP contribution in [0.4, 0.5) is 0 Å². The van der Waals surface area contributed by atoms with E-state index in [4.69, 9.17) is 4.74 Å². The van der Waals surface area contributed by atoms with Gasteiger partial charge in [-0.15, -0.1) is 0 Å². The van der Waals surface area contributed by atoms with Crippen LogP contribution in [0.5, 0.6) is 0 Å². The first-order valence-corrected chi connectivity index (χ1v) is 9.79. The third-order valence-electron chi connectivity index (χ3n) is 4.80. The molecule has 0 heterocycles. The van der Waals surface area contributed by atoms with E-state index in [1.165, 1.54) is 57.8 Å². The summed E-state index contributed by atoms with van der Waals surface area (Å²) in [5.74, 6) is 0.0160. The van der Waals surface area contributed by atoms with Gasteiger partial charge in [-0.3, -0.25) is 4.79 Å². The van der Waals surface area contributed by atoms with Crippen LogP contribution >= 0.6 is 0 Å². The predicted molar refractivity (Wildman–Crippen MR) is 96.1 cm³/mol. The summed E-state index contributed by atoms with van der Waals surface area (Å²) in [7, 11) is 0. The largest absolute Gasteiger partial charge is 0.466 e. The molecular formula is C20H40O2. The summed E-state index contributed by atoms with van der Waals surface area (Å²) in [6.45, 7) is 9.52. The molecule has 0 aliphatic rings. The lowest BCUT2D eigenvalue weighted by Gasteiger charge is -2.34. The van der Waals surface area contributed by atoms with Gasteiger partial charge < -0.3 is 4.74 Å². The first-order valence-electron chi connectivity index (χ1n) is 9.79. The second-order valence-corrected chi connectivity index (χ2v) is 6.88. The van der Waals surface area contributed by atoms with Crippen LogP contribution in [0.25, 0.3) is 0 Å². The zero-order valence-electron chi connectivity index (χ0n) is 15.7. The van der Waals surface area contributed by atoms with Gasteiger partial charge in [0.15, 0.2) is 0 Å². The molecule has 2 heteroatoms. The van der Waals surface area contributed by atoms with Crippen molar-refractivity contribution in [1.29, 1.82) is 0 Å². The number of hydrogen-bond donors (Lipinski definition) is 0. The van der Waals surface area contributed by atoms with E-state index >= 15 is 0 Å². The third-order valence-corrected chi connectivity index (χ3v) is 4.80. The molecule has 0 unspecified atom stereocenters. The zero-order valence-corrected chi connectivity index (χ0v) is 15.7. The SMILES string of the molecule is CCCCOC(=O)CCC(CCCC)(CCCC)CCCC. The highest BCUT2D eigenvalue weighted by Gasteiger charge is 2.29. The van der Waals surface area contributed by atoms with Crippen LogP contribution in [-0.2, 0) is 9.53 Å². The normalized spacial score (nSPS) is 11.6. The Hall–Kier alpha value is -0.530. The summed E-state index contributed by atoms with van der Waals surface area (Å²) in [4.78, 5) is 12.0. The van der Waals surface area contributed by atoms with Gasteiger partial charge in [0, 0.05) is 6.42 Å². The standard InChI is InChI=1S/C20H40O2/c1-5-9-14-20(15-10-6-2,16-11-7-3)17-13-19(21)22-18-12-8-4/h5-18H2,1-4H3. The average molecular weight is 313 g/mol. The second-order valence-electron chi connectivity index (χ2n) is 6.88. The fraction of sp³-hybridized carbons (Fsp3) is 0.950. The molecule has 0 N–H and O–H groups in total. The highest BCUT2D eigenvalue weighted by atomic mass is 16.5. The molecule has 0 radical (unpaired) electrons. The van der Waals surface area contributed by atoms with Crippen LogP contribution < -0.4 is 0 Å². The van der Waals surface area contributed by atoms with Gasteiger partial charge in [0.2, 0.25) is 0 Å². The first kappa shape index (κ1) is 21.5. The molecule has 0 aromatic carbocycles. The lowest BCUT2D eigenvalue weighted by molar-refractivity contribution is -0.144. The lowest BCUT2D eigenvalue weighted by Crippen LogP contribution is -2.23. The summed E-state index contributed by atoms with van der Waals surface area (Å²) in [6, 6.07) is 0. The zero-order chi connectivity index (χ0) is 16.7. The van der Waals surface area contributed by atoms with Gasteiger partial charge >= 0.3 is 5.97 Å². The molecule has 0 saturated carbocycles. The van der Waals surface area contributed by atoms with Gasteiger partial charge in [0.25, 0.3) is 0 Å². The summed E-state index contributed by atoms with van der Waals surface area (Å²) in [5.41, 5.74) is 0.381. The molecule has 0 bridgehead atoms. The maximum absolute atomic E-state index is 12.0. The number of rotatable bonds is 15. The third kappa shape index (κ3) is 10.2. The van der Waals surface area contributed by atoms with Gasteiger partial charge in [-0.25, -0.2) is 0 Å². The van der Waals surface area contributed by atoms with E-state index < -0.39 is 0 Å². The number of hydrogen-bond acceptors (Lipinski definition) is 2. The first-order chi connectivity index (χ1) is 10.6. The Bertz CT molecular complexity index is 239. The van der Waals surface area contributed by atoms with Crippen molar-refractivity contribution in [2.75, 3.05) is 6.61 Å². The quantitative estimate of drug-likeness (QED) is 0.249. The van der Waals surface area contributed by atoms with Gasteiger partial charge in [0.05, 0.1) is 6.61 Å². The number of carbonyl (C=O) groups excluding carboxylic acids is 1. The molecule has 22 heavy (non-hydrogen) atoms. The van der Waals surface area contributed by atoms with E-state index in [9.17, 15) is 4.79 Å². The summed E-state index contributed by atoms with van der Waals surface area (Å²) >= 11 is 0. The number of carbonyl (C=O) groups is 1. The predicted octanol–water partition coefficient (Wildman–Crippen LogP) is 6.67. The molecular weight excluding hydrogens is 272 g/mol. The summed E-state index contributed by atoms with van der Waals surface area (Å²) in [5, 5.41) is 0. The van der Waals surface area contributed by atoms with Crippen LogP contribution in [0.2, 0.25) is 0 Å². The fourth-order valence-corrected chi connectivity index (χ4v) is 3.18. The molecule has 0 aliphatic carbocycles. The van der Waals surface area contributed by atoms with Gasteiger partial charge in [-0.05, 0) is 37.5 Å². The van der Waals surface area contributed by atoms with Crippen molar-refractivity contribution in [1.82, 2.24) is 0 Å². The molecule has 0 fully saturated rings. The minimum Gasteiger partial charge on any atom is -0.466 e. The molecule has 0 atom stereocenters. The van der Waals surface area contributed by atoms with Crippen molar-refractivity contribution in [3.8, 4) is 0 Å². The molecule has 0 saturated heterocycles. The molecule has 0 aromatic rings. The van der Waals surface area contributed by atoms with Crippen molar-refractivity contribution in [3.63, 3.8) is 0 Å². The summed E-state index contributed by atoms with van der Waals surface area (Å²) in [6.07, 6.45) is 15.2. The minimum atomic E-state index is 0.0160. The van der Waals surface area contributed by atoms with E-state index in [-0.39, 0.29) is 5.97 Å². The molecule has 132 valence electrons. The van der Waals surface area contributed by atoms with Gasteiger partial charge in [-0.2, -0.15) is 0 Å². The Labute approximate surface area is 139 Å². The Morgan fingerprint density at radius 3 is 1.59 bits per heavy atom. The van der Waals surface area contributed by atoms with Crippen molar-refractivity contribution < 1.29 is 9.53 Å². The summed E-state index contributed by atoms with van der Waals surface area (Å²) < 4.78 is 5.35. The smallest absolute Gasteiger partial charge is 0.305 e. The molecule has 0 rings (SSSR count). The molecule has 2 nitrogen and oxygen atoms in total. The highest BCUT2D eigenvalue weighted by molar-refractivity contribution is 5.69. The number of esters is 1. The topological polar surface area (TPSA) is 26.3 Å². The second kappa shape index (κ2) is 14.1. The number of unbranched alkanes of at least 4 members (excludes halogenated alkanes) is 4. The minimum absolute atomic E-state index is 0.0160. The Morgan fingerprint density at radius 1 is 0.727 bits per heavy atom. The Morgan fingerprint density at radius 2 is 1.18 bits per heavy atom. The molecule has 0 aromatic heterocycles.